The average Bonchev–Trinajstić information content (AvgIpc) is 3.07. The Hall–Kier alpha value is -1.58. The van der Waals surface area contributed by atoms with Crippen molar-refractivity contribution in [3.63, 3.8) is 0 Å². The van der Waals surface area contributed by atoms with Crippen molar-refractivity contribution < 1.29 is 17.9 Å². The van der Waals surface area contributed by atoms with E-state index >= 15 is 0 Å². The van der Waals surface area contributed by atoms with Gasteiger partial charge in [0.2, 0.25) is 0 Å². The summed E-state index contributed by atoms with van der Waals surface area (Å²) in [6.45, 7) is 5.17. The summed E-state index contributed by atoms with van der Waals surface area (Å²) in [6, 6.07) is 7.02. The molecule has 1 amide bonds. The summed E-state index contributed by atoms with van der Waals surface area (Å²) in [5.74, 6) is 0.216. The molecule has 2 heterocycles. The van der Waals surface area contributed by atoms with Crippen LogP contribution in [0.15, 0.2) is 29.3 Å². The van der Waals surface area contributed by atoms with Crippen molar-refractivity contribution >= 4 is 38.4 Å². The van der Waals surface area contributed by atoms with Crippen molar-refractivity contribution in [2.24, 2.45) is 4.99 Å². The van der Waals surface area contributed by atoms with Gasteiger partial charge in [-0.1, -0.05) is 11.8 Å². The van der Waals surface area contributed by atoms with E-state index < -0.39 is 9.84 Å². The summed E-state index contributed by atoms with van der Waals surface area (Å²) in [5, 5.41) is 6.83. The van der Waals surface area contributed by atoms with E-state index in [-0.39, 0.29) is 34.8 Å². The predicted molar refractivity (Wildman–Crippen MR) is 109 cm³/mol. The normalized spacial score (nSPS) is 23.1. The molecule has 9 heteroatoms. The minimum atomic E-state index is -2.94. The smallest absolute Gasteiger partial charge is 0.251 e. The Balaban J connectivity index is 1.46. The first kappa shape index (κ1) is 20.2. The summed E-state index contributed by atoms with van der Waals surface area (Å²) >= 11 is 1.48. The monoisotopic (exact) mass is 411 g/mol. The topological polar surface area (TPSA) is 96.9 Å². The number of nitrogens with zero attached hydrogens (tertiary/aromatic N) is 1. The number of nitrogens with one attached hydrogen (secondary N) is 2. The molecule has 2 aliphatic heterocycles. The fourth-order valence-electron chi connectivity index (χ4n) is 2.94. The van der Waals surface area contributed by atoms with Crippen molar-refractivity contribution in [2.45, 2.75) is 37.7 Å². The number of amidine groups is 1. The molecular weight excluding hydrogens is 386 g/mol. The van der Waals surface area contributed by atoms with Gasteiger partial charge in [-0.15, -0.1) is 0 Å². The van der Waals surface area contributed by atoms with Gasteiger partial charge in [-0.3, -0.25) is 9.79 Å². The van der Waals surface area contributed by atoms with Crippen molar-refractivity contribution in [1.29, 1.82) is 0 Å². The number of ether oxygens (including phenoxy) is 1. The number of amides is 1. The molecule has 2 atom stereocenters. The highest BCUT2D eigenvalue weighted by atomic mass is 32.2. The van der Waals surface area contributed by atoms with Gasteiger partial charge in [-0.05, 0) is 44.5 Å². The standard InChI is InChI=1S/C18H25N3O4S2/c1-12(2)25-9-3-8-19-17(22)13-4-6-14(7-5-13)20-18-21-15-10-27(23,24)11-16(15)26-18/h4-7,12,15-16H,3,8-11H2,1-2H3,(H,19,22)(H,20,21). The third-order valence-corrected chi connectivity index (χ3v) is 7.42. The summed E-state index contributed by atoms with van der Waals surface area (Å²) in [6.07, 6.45) is 0.978. The number of rotatable bonds is 7. The molecule has 0 bridgehead atoms. The molecule has 3 rings (SSSR count). The van der Waals surface area contributed by atoms with Gasteiger partial charge >= 0.3 is 0 Å². The van der Waals surface area contributed by atoms with Crippen LogP contribution in [0.25, 0.3) is 0 Å². The lowest BCUT2D eigenvalue weighted by Crippen LogP contribution is -2.25. The Bertz CT molecular complexity index is 806. The number of thioether (sulfide) groups is 1. The number of sulfone groups is 1. The predicted octanol–water partition coefficient (Wildman–Crippen LogP) is 1.91. The molecule has 0 aromatic heterocycles. The highest BCUT2D eigenvalue weighted by molar-refractivity contribution is 8.15. The first-order valence-electron chi connectivity index (χ1n) is 9.04. The van der Waals surface area contributed by atoms with E-state index in [1.807, 2.05) is 26.0 Å². The first-order valence-corrected chi connectivity index (χ1v) is 11.7. The Morgan fingerprint density at radius 2 is 2.04 bits per heavy atom. The van der Waals surface area contributed by atoms with Crippen molar-refractivity contribution in [3.8, 4) is 0 Å². The molecule has 1 aromatic rings. The maximum atomic E-state index is 12.1. The molecular formula is C18H25N3O4S2. The largest absolute Gasteiger partial charge is 0.379 e. The van der Waals surface area contributed by atoms with Crippen LogP contribution < -0.4 is 10.6 Å². The van der Waals surface area contributed by atoms with Gasteiger partial charge in [0.15, 0.2) is 15.0 Å². The quantitative estimate of drug-likeness (QED) is 0.666. The molecule has 2 N–H and O–H groups in total. The summed E-state index contributed by atoms with van der Waals surface area (Å²) < 4.78 is 28.6. The molecule has 2 aliphatic rings. The van der Waals surface area contributed by atoms with E-state index in [1.54, 1.807) is 12.1 Å². The number of hydrogen-bond donors (Lipinski definition) is 2. The number of fused-ring (bicyclic) bond motifs is 1. The molecule has 27 heavy (non-hydrogen) atoms. The maximum absolute atomic E-state index is 12.1. The van der Waals surface area contributed by atoms with Crippen LogP contribution >= 0.6 is 11.8 Å². The number of aliphatic imine (C=N–C) groups is 1. The van der Waals surface area contributed by atoms with E-state index in [4.69, 9.17) is 4.74 Å². The molecule has 0 spiro atoms. The lowest BCUT2D eigenvalue weighted by molar-refractivity contribution is 0.0757. The molecule has 1 saturated heterocycles. The summed E-state index contributed by atoms with van der Waals surface area (Å²) in [4.78, 5) is 16.6. The van der Waals surface area contributed by atoms with Gasteiger partial charge < -0.3 is 15.4 Å². The highest BCUT2D eigenvalue weighted by Gasteiger charge is 2.42. The second-order valence-corrected chi connectivity index (χ2v) is 10.3. The van der Waals surface area contributed by atoms with Gasteiger partial charge in [0.25, 0.3) is 5.91 Å². The minimum Gasteiger partial charge on any atom is -0.379 e. The number of carbonyl (C=O) groups excluding carboxylic acids is 1. The highest BCUT2D eigenvalue weighted by Crippen LogP contribution is 2.34. The van der Waals surface area contributed by atoms with Crippen LogP contribution in [0.3, 0.4) is 0 Å². The van der Waals surface area contributed by atoms with Gasteiger partial charge in [0.05, 0.1) is 23.7 Å². The van der Waals surface area contributed by atoms with E-state index in [9.17, 15) is 13.2 Å². The molecule has 1 aromatic carbocycles. The zero-order valence-corrected chi connectivity index (χ0v) is 17.1. The van der Waals surface area contributed by atoms with E-state index in [0.717, 1.165) is 17.3 Å². The van der Waals surface area contributed by atoms with E-state index in [1.165, 1.54) is 11.8 Å². The number of benzene rings is 1. The van der Waals surface area contributed by atoms with Crippen LogP contribution in [0.1, 0.15) is 30.6 Å². The molecule has 0 saturated carbocycles. The summed E-state index contributed by atoms with van der Waals surface area (Å²) in [5.41, 5.74) is 1.42. The van der Waals surface area contributed by atoms with Crippen LogP contribution in [-0.4, -0.2) is 61.5 Å². The van der Waals surface area contributed by atoms with E-state index in [0.29, 0.717) is 18.7 Å². The molecule has 2 unspecified atom stereocenters. The number of carbonyl (C=O) groups is 1. The van der Waals surface area contributed by atoms with Crippen LogP contribution in [-0.2, 0) is 14.6 Å². The third kappa shape index (κ3) is 5.70. The molecule has 0 aliphatic carbocycles. The zero-order chi connectivity index (χ0) is 19.4. The van der Waals surface area contributed by atoms with Gasteiger partial charge in [-0.2, -0.15) is 0 Å². The fourth-order valence-corrected chi connectivity index (χ4v) is 6.62. The second-order valence-electron chi connectivity index (χ2n) is 6.97. The molecule has 0 radical (unpaired) electrons. The van der Waals surface area contributed by atoms with Gasteiger partial charge in [0.1, 0.15) is 0 Å². The Labute approximate surface area is 164 Å². The van der Waals surface area contributed by atoms with Crippen molar-refractivity contribution in [1.82, 2.24) is 5.32 Å². The van der Waals surface area contributed by atoms with E-state index in [2.05, 4.69) is 15.6 Å². The number of anilines is 1. The zero-order valence-electron chi connectivity index (χ0n) is 15.5. The van der Waals surface area contributed by atoms with Crippen LogP contribution in [0, 0.1) is 0 Å². The Kier molecular flexibility index (Phi) is 6.44. The van der Waals surface area contributed by atoms with Crippen LogP contribution in [0.4, 0.5) is 5.69 Å². The maximum Gasteiger partial charge on any atom is 0.251 e. The van der Waals surface area contributed by atoms with Gasteiger partial charge in [-0.25, -0.2) is 8.42 Å². The third-order valence-electron chi connectivity index (χ3n) is 4.27. The first-order chi connectivity index (χ1) is 12.8. The minimum absolute atomic E-state index is 0.0160. The Morgan fingerprint density at radius 3 is 2.70 bits per heavy atom. The SMILES string of the molecule is CC(C)OCCCNC(=O)c1ccc(NC2=NC3CS(=O)(=O)CC3S2)cc1. The molecule has 7 nitrogen and oxygen atoms in total. The average molecular weight is 412 g/mol. The summed E-state index contributed by atoms with van der Waals surface area (Å²) in [7, 11) is -2.94. The number of hydrogen-bond acceptors (Lipinski definition) is 7. The fraction of sp³-hybridized carbons (Fsp3) is 0.556. The Morgan fingerprint density at radius 1 is 1.30 bits per heavy atom. The molecule has 148 valence electrons. The van der Waals surface area contributed by atoms with Crippen LogP contribution in [0.5, 0.6) is 0 Å². The van der Waals surface area contributed by atoms with Crippen molar-refractivity contribution in [2.75, 3.05) is 30.0 Å². The lowest BCUT2D eigenvalue weighted by Gasteiger charge is -2.09. The van der Waals surface area contributed by atoms with Gasteiger partial charge in [0, 0.05) is 29.7 Å². The lowest BCUT2D eigenvalue weighted by atomic mass is 10.2. The van der Waals surface area contributed by atoms with Crippen LogP contribution in [0.2, 0.25) is 0 Å². The molecule has 1 fully saturated rings. The second kappa shape index (κ2) is 8.62. The van der Waals surface area contributed by atoms with Crippen molar-refractivity contribution in [3.05, 3.63) is 29.8 Å².